The number of carbonyl (C=O) groups is 1. The highest BCUT2D eigenvalue weighted by molar-refractivity contribution is 5.80. The maximum absolute atomic E-state index is 13.7. The van der Waals surface area contributed by atoms with Gasteiger partial charge in [0.25, 0.3) is 5.91 Å². The molecular weight excluding hydrogens is 316 g/mol. The maximum Gasteiger partial charge on any atom is 0.263 e. The van der Waals surface area contributed by atoms with Crippen LogP contribution in [0.3, 0.4) is 0 Å². The molecule has 4 nitrogen and oxygen atoms in total. The zero-order chi connectivity index (χ0) is 17.7. The topological polar surface area (TPSA) is 49.8 Å². The summed E-state index contributed by atoms with van der Waals surface area (Å²) in [6, 6.07) is 10.0. The van der Waals surface area contributed by atoms with Crippen molar-refractivity contribution in [2.24, 2.45) is 0 Å². The van der Waals surface area contributed by atoms with Crippen LogP contribution in [-0.2, 0) is 17.9 Å². The smallest absolute Gasteiger partial charge is 0.263 e. The Bertz CT molecular complexity index is 721. The number of amides is 1. The summed E-state index contributed by atoms with van der Waals surface area (Å²) in [6.45, 7) is 1.48. The quantitative estimate of drug-likeness (QED) is 0.883. The second-order valence-corrected chi connectivity index (χ2v) is 5.50. The molecule has 6 heteroatoms. The fourth-order valence-corrected chi connectivity index (χ4v) is 2.27. The highest BCUT2D eigenvalue weighted by atomic mass is 19.1. The first kappa shape index (κ1) is 17.9. The molecule has 128 valence electrons. The van der Waals surface area contributed by atoms with Gasteiger partial charge in [0.05, 0.1) is 6.61 Å². The van der Waals surface area contributed by atoms with Crippen LogP contribution in [0.5, 0.6) is 5.75 Å². The van der Waals surface area contributed by atoms with Crippen LogP contribution in [0.25, 0.3) is 0 Å². The van der Waals surface area contributed by atoms with E-state index in [0.29, 0.717) is 11.3 Å². The van der Waals surface area contributed by atoms with Gasteiger partial charge in [-0.1, -0.05) is 18.2 Å². The maximum atomic E-state index is 13.7. The van der Waals surface area contributed by atoms with E-state index < -0.39 is 17.7 Å². The molecule has 0 saturated heterocycles. The number of hydrogen-bond donors (Lipinski definition) is 1. The molecule has 0 heterocycles. The third-order valence-corrected chi connectivity index (χ3v) is 3.54. The number of likely N-dealkylation sites (N-methyl/N-ethyl adjacent to an activating group) is 1. The van der Waals surface area contributed by atoms with Gasteiger partial charge in [0.1, 0.15) is 17.4 Å². The van der Waals surface area contributed by atoms with Gasteiger partial charge >= 0.3 is 0 Å². The predicted octanol–water partition coefficient (Wildman–Crippen LogP) is 2.88. The van der Waals surface area contributed by atoms with Gasteiger partial charge in [-0.15, -0.1) is 0 Å². The van der Waals surface area contributed by atoms with Crippen molar-refractivity contribution in [1.29, 1.82) is 0 Å². The highest BCUT2D eigenvalue weighted by Gasteiger charge is 2.20. The van der Waals surface area contributed by atoms with Gasteiger partial charge in [-0.05, 0) is 30.7 Å². The van der Waals surface area contributed by atoms with E-state index in [-0.39, 0.29) is 24.6 Å². The van der Waals surface area contributed by atoms with Crippen LogP contribution in [0.15, 0.2) is 42.5 Å². The van der Waals surface area contributed by atoms with Crippen molar-refractivity contribution in [3.8, 4) is 5.75 Å². The number of aliphatic hydroxyl groups excluding tert-OH is 1. The summed E-state index contributed by atoms with van der Waals surface area (Å²) in [5.74, 6) is -1.23. The zero-order valence-corrected chi connectivity index (χ0v) is 13.5. The van der Waals surface area contributed by atoms with Crippen LogP contribution in [0.2, 0.25) is 0 Å². The number of rotatable bonds is 6. The predicted molar refractivity (Wildman–Crippen MR) is 85.3 cm³/mol. The fraction of sp³-hybridized carbons (Fsp3) is 0.278. The van der Waals surface area contributed by atoms with E-state index in [9.17, 15) is 13.6 Å². The number of aliphatic hydroxyl groups is 1. The van der Waals surface area contributed by atoms with Crippen molar-refractivity contribution in [3.05, 3.63) is 65.2 Å². The van der Waals surface area contributed by atoms with Crippen LogP contribution >= 0.6 is 0 Å². The van der Waals surface area contributed by atoms with Gasteiger partial charge in [0.2, 0.25) is 0 Å². The van der Waals surface area contributed by atoms with Crippen LogP contribution < -0.4 is 4.74 Å². The van der Waals surface area contributed by atoms with E-state index in [1.54, 1.807) is 31.2 Å². The van der Waals surface area contributed by atoms with Gasteiger partial charge in [-0.3, -0.25) is 4.79 Å². The number of ether oxygens (including phenoxy) is 1. The Morgan fingerprint density at radius 3 is 2.67 bits per heavy atom. The van der Waals surface area contributed by atoms with Crippen molar-refractivity contribution in [1.82, 2.24) is 4.90 Å². The standard InChI is InChI=1S/C18H19F2NO3/c1-12(24-16-5-3-4-13(8-16)11-22)18(23)21(2)10-14-6-7-15(19)9-17(14)20/h3-9,12,22H,10-11H2,1-2H3/t12-/m1/s1. The molecule has 0 unspecified atom stereocenters. The summed E-state index contributed by atoms with van der Waals surface area (Å²) in [5, 5.41) is 9.11. The lowest BCUT2D eigenvalue weighted by Gasteiger charge is -2.22. The molecule has 0 aliphatic heterocycles. The van der Waals surface area contributed by atoms with E-state index >= 15 is 0 Å². The molecular formula is C18H19F2NO3. The van der Waals surface area contributed by atoms with Gasteiger partial charge in [-0.25, -0.2) is 8.78 Å². The third kappa shape index (κ3) is 4.52. The fourth-order valence-electron chi connectivity index (χ4n) is 2.27. The average Bonchev–Trinajstić information content (AvgIpc) is 2.56. The Morgan fingerprint density at radius 1 is 1.25 bits per heavy atom. The minimum atomic E-state index is -0.785. The van der Waals surface area contributed by atoms with Gasteiger partial charge in [0, 0.05) is 25.2 Å². The minimum absolute atomic E-state index is 0.00925. The Labute approximate surface area is 139 Å². The molecule has 2 aromatic rings. The molecule has 0 bridgehead atoms. The number of carbonyl (C=O) groups excluding carboxylic acids is 1. The van der Waals surface area contributed by atoms with E-state index in [0.717, 1.165) is 12.1 Å². The van der Waals surface area contributed by atoms with Crippen LogP contribution in [-0.4, -0.2) is 29.1 Å². The van der Waals surface area contributed by atoms with Crippen molar-refractivity contribution in [2.45, 2.75) is 26.2 Å². The molecule has 0 saturated carbocycles. The number of halogens is 2. The third-order valence-electron chi connectivity index (χ3n) is 3.54. The zero-order valence-electron chi connectivity index (χ0n) is 13.5. The van der Waals surface area contributed by atoms with E-state index in [2.05, 4.69) is 0 Å². The lowest BCUT2D eigenvalue weighted by Crippen LogP contribution is -2.37. The Kier molecular flexibility index (Phi) is 5.87. The Morgan fingerprint density at radius 2 is 2.00 bits per heavy atom. The van der Waals surface area contributed by atoms with Crippen molar-refractivity contribution in [3.63, 3.8) is 0 Å². The molecule has 2 aromatic carbocycles. The molecule has 1 N–H and O–H groups in total. The number of benzene rings is 2. The highest BCUT2D eigenvalue weighted by Crippen LogP contribution is 2.17. The molecule has 24 heavy (non-hydrogen) atoms. The van der Waals surface area contributed by atoms with Crippen LogP contribution in [0.1, 0.15) is 18.1 Å². The average molecular weight is 335 g/mol. The first-order valence-corrected chi connectivity index (χ1v) is 7.46. The summed E-state index contributed by atoms with van der Waals surface area (Å²) in [5.41, 5.74) is 0.899. The molecule has 0 aliphatic carbocycles. The molecule has 0 spiro atoms. The molecule has 0 radical (unpaired) electrons. The SMILES string of the molecule is C[C@@H](Oc1cccc(CO)c1)C(=O)N(C)Cc1ccc(F)cc1F. The molecule has 1 atom stereocenters. The van der Waals surface area contributed by atoms with E-state index in [1.807, 2.05) is 0 Å². The van der Waals surface area contributed by atoms with Gasteiger partial charge < -0.3 is 14.7 Å². The molecule has 2 rings (SSSR count). The lowest BCUT2D eigenvalue weighted by molar-refractivity contribution is -0.137. The number of nitrogens with zero attached hydrogens (tertiary/aromatic N) is 1. The number of hydrogen-bond acceptors (Lipinski definition) is 3. The van der Waals surface area contributed by atoms with Crippen LogP contribution in [0.4, 0.5) is 8.78 Å². The van der Waals surface area contributed by atoms with E-state index in [4.69, 9.17) is 9.84 Å². The minimum Gasteiger partial charge on any atom is -0.481 e. The molecule has 0 aromatic heterocycles. The first-order chi connectivity index (χ1) is 11.4. The summed E-state index contributed by atoms with van der Waals surface area (Å²) >= 11 is 0. The normalized spacial score (nSPS) is 11.9. The summed E-state index contributed by atoms with van der Waals surface area (Å²) < 4.78 is 32.2. The summed E-state index contributed by atoms with van der Waals surface area (Å²) in [4.78, 5) is 13.7. The van der Waals surface area contributed by atoms with Gasteiger partial charge in [-0.2, -0.15) is 0 Å². The van der Waals surface area contributed by atoms with Crippen molar-refractivity contribution in [2.75, 3.05) is 7.05 Å². The van der Waals surface area contributed by atoms with E-state index in [1.165, 1.54) is 18.0 Å². The van der Waals surface area contributed by atoms with Crippen molar-refractivity contribution < 1.29 is 23.4 Å². The summed E-state index contributed by atoms with van der Waals surface area (Å²) in [7, 11) is 1.52. The summed E-state index contributed by atoms with van der Waals surface area (Å²) in [6.07, 6.45) is -0.785. The lowest BCUT2D eigenvalue weighted by atomic mass is 10.2. The largest absolute Gasteiger partial charge is 0.481 e. The molecule has 0 aliphatic rings. The first-order valence-electron chi connectivity index (χ1n) is 7.46. The Hall–Kier alpha value is -2.47. The Balaban J connectivity index is 2.01. The van der Waals surface area contributed by atoms with Gasteiger partial charge in [0.15, 0.2) is 6.10 Å². The monoisotopic (exact) mass is 335 g/mol. The molecule has 1 amide bonds. The van der Waals surface area contributed by atoms with Crippen molar-refractivity contribution >= 4 is 5.91 Å². The second kappa shape index (κ2) is 7.88. The van der Waals surface area contributed by atoms with Crippen LogP contribution in [0, 0.1) is 11.6 Å². The molecule has 0 fully saturated rings. The second-order valence-electron chi connectivity index (χ2n) is 5.50.